The average Bonchev–Trinajstić information content (AvgIpc) is 2.73. The van der Waals surface area contributed by atoms with Crippen molar-refractivity contribution in [3.8, 4) is 0 Å². The van der Waals surface area contributed by atoms with Gasteiger partial charge in [-0.05, 0) is 49.1 Å². The minimum atomic E-state index is -3.76. The molecule has 1 N–H and O–H groups in total. The Morgan fingerprint density at radius 2 is 1.62 bits per heavy atom. The van der Waals surface area contributed by atoms with Crippen LogP contribution >= 0.6 is 11.6 Å². The topological polar surface area (TPSA) is 86.8 Å². The highest BCUT2D eigenvalue weighted by Crippen LogP contribution is 2.27. The molecule has 2 rings (SSSR count). The third kappa shape index (κ3) is 6.23. The molecule has 1 atom stereocenters. The van der Waals surface area contributed by atoms with Gasteiger partial charge in [0.2, 0.25) is 21.8 Å². The lowest BCUT2D eigenvalue weighted by molar-refractivity contribution is -0.140. The van der Waals surface area contributed by atoms with Crippen molar-refractivity contribution in [1.82, 2.24) is 10.2 Å². The molecule has 7 nitrogen and oxygen atoms in total. The smallest absolute Gasteiger partial charge is 0.244 e. The van der Waals surface area contributed by atoms with E-state index in [1.165, 1.54) is 11.9 Å². The van der Waals surface area contributed by atoms with Crippen LogP contribution in [0.2, 0.25) is 5.02 Å². The molecular weight excluding hydrogens is 450 g/mol. The summed E-state index contributed by atoms with van der Waals surface area (Å²) >= 11 is 5.97. The number of hydrogen-bond acceptors (Lipinski definition) is 4. The van der Waals surface area contributed by atoms with Crippen molar-refractivity contribution in [2.24, 2.45) is 0 Å². The molecule has 0 saturated carbocycles. The fraction of sp³-hybridized carbons (Fsp3) is 0.391. The number of sulfonamides is 1. The Morgan fingerprint density at radius 3 is 2.09 bits per heavy atom. The molecule has 0 bridgehead atoms. The number of aryl methyl sites for hydroxylation is 2. The van der Waals surface area contributed by atoms with Crippen molar-refractivity contribution < 1.29 is 18.0 Å². The minimum Gasteiger partial charge on any atom is -0.357 e. The van der Waals surface area contributed by atoms with Crippen molar-refractivity contribution in [2.75, 3.05) is 24.2 Å². The number of benzene rings is 2. The molecule has 0 heterocycles. The lowest BCUT2D eigenvalue weighted by Crippen LogP contribution is -2.51. The second-order valence-corrected chi connectivity index (χ2v) is 10.0. The maximum atomic E-state index is 13.5. The van der Waals surface area contributed by atoms with Crippen LogP contribution in [0.4, 0.5) is 5.69 Å². The van der Waals surface area contributed by atoms with Gasteiger partial charge in [-0.2, -0.15) is 0 Å². The van der Waals surface area contributed by atoms with E-state index in [1.807, 2.05) is 13.0 Å². The van der Waals surface area contributed by atoms with E-state index >= 15 is 0 Å². The van der Waals surface area contributed by atoms with Gasteiger partial charge in [-0.15, -0.1) is 0 Å². The van der Waals surface area contributed by atoms with Gasteiger partial charge < -0.3 is 10.2 Å². The zero-order valence-electron chi connectivity index (χ0n) is 19.1. The second kappa shape index (κ2) is 10.8. The monoisotopic (exact) mass is 479 g/mol. The summed E-state index contributed by atoms with van der Waals surface area (Å²) in [6.45, 7) is 5.14. The third-order valence-corrected chi connectivity index (χ3v) is 6.63. The largest absolute Gasteiger partial charge is 0.357 e. The Kier molecular flexibility index (Phi) is 8.69. The first kappa shape index (κ1) is 25.7. The Balaban J connectivity index is 2.48. The molecule has 0 spiro atoms. The average molecular weight is 480 g/mol. The lowest BCUT2D eigenvalue weighted by Gasteiger charge is -2.33. The van der Waals surface area contributed by atoms with E-state index in [2.05, 4.69) is 5.32 Å². The molecule has 174 valence electrons. The van der Waals surface area contributed by atoms with Crippen LogP contribution in [0.15, 0.2) is 42.5 Å². The SMILES string of the molecule is CCC(C(=O)NC)N(Cc1ccc(Cl)cc1)C(=O)CN(c1c(C)cccc1C)S(C)(=O)=O. The van der Waals surface area contributed by atoms with Crippen LogP contribution < -0.4 is 9.62 Å². The fourth-order valence-electron chi connectivity index (χ4n) is 3.65. The Labute approximate surface area is 195 Å². The van der Waals surface area contributed by atoms with Gasteiger partial charge in [0.15, 0.2) is 0 Å². The normalized spacial score (nSPS) is 12.2. The zero-order chi connectivity index (χ0) is 24.1. The summed E-state index contributed by atoms with van der Waals surface area (Å²) in [7, 11) is -2.25. The van der Waals surface area contributed by atoms with Crippen LogP contribution in [-0.2, 0) is 26.2 Å². The van der Waals surface area contributed by atoms with Gasteiger partial charge in [-0.25, -0.2) is 8.42 Å². The first-order valence-electron chi connectivity index (χ1n) is 10.3. The van der Waals surface area contributed by atoms with Gasteiger partial charge in [0.25, 0.3) is 0 Å². The molecule has 0 radical (unpaired) electrons. The number of nitrogens with one attached hydrogen (secondary N) is 1. The molecule has 9 heteroatoms. The number of nitrogens with zero attached hydrogens (tertiary/aromatic N) is 2. The predicted octanol–water partition coefficient (Wildman–Crippen LogP) is 3.28. The number of likely N-dealkylation sites (N-methyl/N-ethyl adjacent to an activating group) is 1. The first-order chi connectivity index (χ1) is 15.0. The van der Waals surface area contributed by atoms with Crippen LogP contribution in [0.5, 0.6) is 0 Å². The molecule has 0 aliphatic carbocycles. The van der Waals surface area contributed by atoms with Gasteiger partial charge in [0.1, 0.15) is 12.6 Å². The molecule has 2 amide bonds. The highest BCUT2D eigenvalue weighted by Gasteiger charge is 2.32. The second-order valence-electron chi connectivity index (χ2n) is 7.70. The molecule has 1 unspecified atom stereocenters. The number of carbonyl (C=O) groups excluding carboxylic acids is 2. The van der Waals surface area contributed by atoms with Crippen molar-refractivity contribution >= 4 is 39.1 Å². The number of rotatable bonds is 9. The number of anilines is 1. The molecule has 0 aliphatic heterocycles. The maximum absolute atomic E-state index is 13.5. The highest BCUT2D eigenvalue weighted by molar-refractivity contribution is 7.92. The quantitative estimate of drug-likeness (QED) is 0.598. The Hall–Kier alpha value is -2.58. The number of halogens is 1. The lowest BCUT2D eigenvalue weighted by atomic mass is 10.1. The number of amides is 2. The van der Waals surface area contributed by atoms with Crippen LogP contribution in [0, 0.1) is 13.8 Å². The van der Waals surface area contributed by atoms with Crippen LogP contribution in [0.1, 0.15) is 30.0 Å². The number of hydrogen-bond donors (Lipinski definition) is 1. The molecule has 0 saturated heterocycles. The molecule has 2 aromatic carbocycles. The summed E-state index contributed by atoms with van der Waals surface area (Å²) in [5.74, 6) is -0.781. The van der Waals surface area contributed by atoms with E-state index in [0.29, 0.717) is 17.1 Å². The number of carbonyl (C=O) groups is 2. The Bertz CT molecular complexity index is 1050. The van der Waals surface area contributed by atoms with Gasteiger partial charge >= 0.3 is 0 Å². The van der Waals surface area contributed by atoms with Crippen molar-refractivity contribution in [3.63, 3.8) is 0 Å². The first-order valence-corrected chi connectivity index (χ1v) is 12.5. The van der Waals surface area contributed by atoms with Gasteiger partial charge in [0.05, 0.1) is 11.9 Å². The molecule has 0 fully saturated rings. The predicted molar refractivity (Wildman–Crippen MR) is 128 cm³/mol. The van der Waals surface area contributed by atoms with E-state index in [9.17, 15) is 18.0 Å². The molecule has 2 aromatic rings. The summed E-state index contributed by atoms with van der Waals surface area (Å²) in [5, 5.41) is 3.15. The van der Waals surface area contributed by atoms with E-state index in [0.717, 1.165) is 27.3 Å². The molecule has 32 heavy (non-hydrogen) atoms. The zero-order valence-corrected chi connectivity index (χ0v) is 20.6. The van der Waals surface area contributed by atoms with Gasteiger partial charge in [0, 0.05) is 18.6 Å². The van der Waals surface area contributed by atoms with Crippen LogP contribution in [0.25, 0.3) is 0 Å². The van der Waals surface area contributed by atoms with E-state index in [-0.39, 0.29) is 12.5 Å². The van der Waals surface area contributed by atoms with E-state index in [4.69, 9.17) is 11.6 Å². The van der Waals surface area contributed by atoms with E-state index in [1.54, 1.807) is 50.2 Å². The van der Waals surface area contributed by atoms with Crippen LogP contribution in [0.3, 0.4) is 0 Å². The summed E-state index contributed by atoms with van der Waals surface area (Å²) in [6, 6.07) is 11.7. The molecule has 0 aliphatic rings. The molecule has 0 aromatic heterocycles. The maximum Gasteiger partial charge on any atom is 0.244 e. The summed E-state index contributed by atoms with van der Waals surface area (Å²) in [6.07, 6.45) is 1.45. The standard InChI is InChI=1S/C23H30ClN3O4S/c1-6-20(23(29)25-4)26(14-18-10-12-19(24)13-11-18)21(28)15-27(32(5,30)31)22-16(2)8-7-9-17(22)3/h7-13,20H,6,14-15H2,1-5H3,(H,25,29). The van der Waals surface area contributed by atoms with Crippen LogP contribution in [-0.4, -0.2) is 51.0 Å². The third-order valence-electron chi connectivity index (χ3n) is 5.27. The van der Waals surface area contributed by atoms with Gasteiger partial charge in [-0.1, -0.05) is 48.9 Å². The van der Waals surface area contributed by atoms with Gasteiger partial charge in [-0.3, -0.25) is 13.9 Å². The van der Waals surface area contributed by atoms with Crippen molar-refractivity contribution in [1.29, 1.82) is 0 Å². The summed E-state index contributed by atoms with van der Waals surface area (Å²) in [4.78, 5) is 27.5. The minimum absolute atomic E-state index is 0.145. The summed E-state index contributed by atoms with van der Waals surface area (Å²) < 4.78 is 26.5. The fourth-order valence-corrected chi connectivity index (χ4v) is 4.74. The highest BCUT2D eigenvalue weighted by atomic mass is 35.5. The molecular formula is C23H30ClN3O4S. The number of para-hydroxylation sites is 1. The van der Waals surface area contributed by atoms with Crippen molar-refractivity contribution in [2.45, 2.75) is 39.8 Å². The van der Waals surface area contributed by atoms with Crippen molar-refractivity contribution in [3.05, 3.63) is 64.2 Å². The van der Waals surface area contributed by atoms with E-state index < -0.39 is 28.5 Å². The summed E-state index contributed by atoms with van der Waals surface area (Å²) in [5.41, 5.74) is 2.74. The Morgan fingerprint density at radius 1 is 1.06 bits per heavy atom.